The van der Waals surface area contributed by atoms with Crippen LogP contribution >= 0.6 is 0 Å². The van der Waals surface area contributed by atoms with Gasteiger partial charge in [0.05, 0.1) is 24.5 Å². The van der Waals surface area contributed by atoms with Crippen molar-refractivity contribution in [2.45, 2.75) is 43.8 Å². The fraction of sp³-hybridized carbons (Fsp3) is 0.500. The van der Waals surface area contributed by atoms with Crippen LogP contribution in [0.3, 0.4) is 0 Å². The van der Waals surface area contributed by atoms with E-state index in [1.165, 1.54) is 0 Å². The van der Waals surface area contributed by atoms with Crippen molar-refractivity contribution in [3.63, 3.8) is 0 Å². The van der Waals surface area contributed by atoms with Gasteiger partial charge in [-0.3, -0.25) is 14.6 Å². The van der Waals surface area contributed by atoms with Crippen molar-refractivity contribution in [3.8, 4) is 0 Å². The van der Waals surface area contributed by atoms with E-state index in [1.807, 2.05) is 6.07 Å². The van der Waals surface area contributed by atoms with E-state index in [4.69, 9.17) is 15.5 Å². The lowest BCUT2D eigenvalue weighted by molar-refractivity contribution is -0.139. The van der Waals surface area contributed by atoms with E-state index >= 15 is 0 Å². The number of nitrogens with zero attached hydrogens (tertiary/aromatic N) is 1. The van der Waals surface area contributed by atoms with E-state index in [0.29, 0.717) is 19.3 Å². The Bertz CT molecular complexity index is 544. The van der Waals surface area contributed by atoms with Crippen LogP contribution < -0.4 is 11.1 Å². The van der Waals surface area contributed by atoms with Gasteiger partial charge in [-0.05, 0) is 30.9 Å². The Kier molecular flexibility index (Phi) is 6.08. The summed E-state index contributed by atoms with van der Waals surface area (Å²) in [6.07, 6.45) is 3.79. The number of amides is 1. The van der Waals surface area contributed by atoms with E-state index < -0.39 is 37.1 Å². The zero-order chi connectivity index (χ0) is 16.8. The summed E-state index contributed by atoms with van der Waals surface area (Å²) < 4.78 is 5.22. The molecule has 1 aliphatic rings. The first-order chi connectivity index (χ1) is 11.0. The van der Waals surface area contributed by atoms with E-state index in [-0.39, 0.29) is 6.42 Å². The Hall–Kier alpha value is -1.97. The fourth-order valence-electron chi connectivity index (χ4n) is 2.51. The number of nitrogens with two attached hydrogens (primary N) is 1. The molecule has 2 heterocycles. The SMILES string of the molecule is NC(Cc1cccnc1)C(=O)NC1CCC(CC(=O)O)OB1O. The van der Waals surface area contributed by atoms with Crippen molar-refractivity contribution in [2.24, 2.45) is 5.73 Å². The van der Waals surface area contributed by atoms with Gasteiger partial charge in [0.2, 0.25) is 5.91 Å². The third-order valence-corrected chi connectivity index (χ3v) is 3.72. The first-order valence-electron chi connectivity index (χ1n) is 7.46. The standard InChI is InChI=1S/C14H20BN3O5/c16-11(6-9-2-1-5-17-8-9)14(21)18-12-4-3-10(7-13(19)20)23-15(12)22/h1-2,5,8,10-12,22H,3-4,6-7,16H2,(H,18,21)(H,19,20). The molecular formula is C14H20BN3O5. The second-order valence-corrected chi connectivity index (χ2v) is 5.61. The molecule has 3 atom stereocenters. The minimum Gasteiger partial charge on any atom is -0.481 e. The molecule has 1 aliphatic heterocycles. The molecule has 1 fully saturated rings. The van der Waals surface area contributed by atoms with Gasteiger partial charge in [0.15, 0.2) is 0 Å². The average molecular weight is 321 g/mol. The second kappa shape index (κ2) is 8.05. The Morgan fingerprint density at radius 1 is 1.52 bits per heavy atom. The highest BCUT2D eigenvalue weighted by molar-refractivity contribution is 6.45. The van der Waals surface area contributed by atoms with E-state index in [0.717, 1.165) is 5.56 Å². The first-order valence-corrected chi connectivity index (χ1v) is 7.46. The molecule has 8 nitrogen and oxygen atoms in total. The minimum absolute atomic E-state index is 0.168. The van der Waals surface area contributed by atoms with Crippen molar-refractivity contribution in [2.75, 3.05) is 0 Å². The lowest BCUT2D eigenvalue weighted by atomic mass is 9.72. The number of hydrogen-bond acceptors (Lipinski definition) is 6. The second-order valence-electron chi connectivity index (χ2n) is 5.61. The molecule has 0 saturated carbocycles. The van der Waals surface area contributed by atoms with Crippen molar-refractivity contribution >= 4 is 19.0 Å². The zero-order valence-corrected chi connectivity index (χ0v) is 12.6. The molecular weight excluding hydrogens is 301 g/mol. The van der Waals surface area contributed by atoms with Gasteiger partial charge >= 0.3 is 13.1 Å². The summed E-state index contributed by atoms with van der Waals surface area (Å²) in [5, 5.41) is 21.3. The third kappa shape index (κ3) is 5.31. The monoisotopic (exact) mass is 321 g/mol. The van der Waals surface area contributed by atoms with Crippen LogP contribution in [0.25, 0.3) is 0 Å². The summed E-state index contributed by atoms with van der Waals surface area (Å²) in [7, 11) is -1.23. The summed E-state index contributed by atoms with van der Waals surface area (Å²) >= 11 is 0. The van der Waals surface area contributed by atoms with Crippen LogP contribution in [0.2, 0.25) is 0 Å². The molecule has 1 aromatic heterocycles. The smallest absolute Gasteiger partial charge is 0.478 e. The van der Waals surface area contributed by atoms with E-state index in [1.54, 1.807) is 18.5 Å². The van der Waals surface area contributed by atoms with Crippen LogP contribution in [0.15, 0.2) is 24.5 Å². The largest absolute Gasteiger partial charge is 0.481 e. The van der Waals surface area contributed by atoms with Crippen LogP contribution in [-0.4, -0.2) is 52.2 Å². The van der Waals surface area contributed by atoms with Crippen LogP contribution in [0.4, 0.5) is 0 Å². The summed E-state index contributed by atoms with van der Waals surface area (Å²) in [6, 6.07) is 2.83. The van der Waals surface area contributed by atoms with Crippen LogP contribution in [0, 0.1) is 0 Å². The Labute approximate surface area is 134 Å². The number of nitrogens with one attached hydrogen (secondary N) is 1. The number of hydrogen-bond donors (Lipinski definition) is 4. The number of carboxylic acids is 1. The quantitative estimate of drug-likeness (QED) is 0.499. The van der Waals surface area contributed by atoms with Gasteiger partial charge in [0, 0.05) is 12.4 Å². The third-order valence-electron chi connectivity index (χ3n) is 3.72. The molecule has 3 unspecified atom stereocenters. The molecule has 1 amide bonds. The zero-order valence-electron chi connectivity index (χ0n) is 12.6. The number of carboxylic acid groups (broad SMARTS) is 1. The van der Waals surface area contributed by atoms with Crippen LogP contribution in [0.1, 0.15) is 24.8 Å². The normalized spacial score (nSPS) is 22.4. The molecule has 0 aliphatic carbocycles. The lowest BCUT2D eigenvalue weighted by Crippen LogP contribution is -2.56. The van der Waals surface area contributed by atoms with E-state index in [2.05, 4.69) is 10.3 Å². The summed E-state index contributed by atoms with van der Waals surface area (Å²) in [5.74, 6) is -1.96. The average Bonchev–Trinajstić information content (AvgIpc) is 2.50. The number of aromatic nitrogens is 1. The number of pyridine rings is 1. The van der Waals surface area contributed by atoms with Gasteiger partial charge in [-0.1, -0.05) is 6.07 Å². The molecule has 5 N–H and O–H groups in total. The Morgan fingerprint density at radius 2 is 2.30 bits per heavy atom. The summed E-state index contributed by atoms with van der Waals surface area (Å²) in [4.78, 5) is 26.7. The molecule has 0 spiro atoms. The highest BCUT2D eigenvalue weighted by atomic mass is 16.5. The molecule has 124 valence electrons. The number of carbonyl (C=O) groups excluding carboxylic acids is 1. The Morgan fingerprint density at radius 3 is 2.91 bits per heavy atom. The predicted octanol–water partition coefficient (Wildman–Crippen LogP) is -0.890. The van der Waals surface area contributed by atoms with Crippen LogP contribution in [0.5, 0.6) is 0 Å². The van der Waals surface area contributed by atoms with Gasteiger partial charge in [-0.15, -0.1) is 0 Å². The molecule has 2 rings (SSSR count). The van der Waals surface area contributed by atoms with Gasteiger partial charge in [-0.2, -0.15) is 0 Å². The summed E-state index contributed by atoms with van der Waals surface area (Å²) in [6.45, 7) is 0. The molecule has 9 heteroatoms. The lowest BCUT2D eigenvalue weighted by Gasteiger charge is -2.31. The number of carbonyl (C=O) groups is 2. The maximum Gasteiger partial charge on any atom is 0.478 e. The fourth-order valence-corrected chi connectivity index (χ4v) is 2.51. The minimum atomic E-state index is -1.23. The van der Waals surface area contributed by atoms with E-state index in [9.17, 15) is 14.6 Å². The maximum absolute atomic E-state index is 12.1. The molecule has 1 aromatic rings. The van der Waals surface area contributed by atoms with Gasteiger partial charge < -0.3 is 25.8 Å². The number of aliphatic carboxylic acids is 1. The number of rotatable bonds is 6. The molecule has 0 aromatic carbocycles. The van der Waals surface area contributed by atoms with Crippen LogP contribution in [-0.2, 0) is 20.7 Å². The topological polar surface area (TPSA) is 135 Å². The Balaban J connectivity index is 1.82. The highest BCUT2D eigenvalue weighted by Crippen LogP contribution is 2.18. The molecule has 23 heavy (non-hydrogen) atoms. The molecule has 1 saturated heterocycles. The van der Waals surface area contributed by atoms with Crippen molar-refractivity contribution < 1.29 is 24.4 Å². The maximum atomic E-state index is 12.1. The molecule has 0 bridgehead atoms. The first kappa shape index (κ1) is 17.4. The van der Waals surface area contributed by atoms with Crippen molar-refractivity contribution in [1.29, 1.82) is 0 Å². The molecule has 0 radical (unpaired) electrons. The van der Waals surface area contributed by atoms with Gasteiger partial charge in [0.1, 0.15) is 0 Å². The van der Waals surface area contributed by atoms with Gasteiger partial charge in [0.25, 0.3) is 0 Å². The van der Waals surface area contributed by atoms with Gasteiger partial charge in [-0.25, -0.2) is 0 Å². The predicted molar refractivity (Wildman–Crippen MR) is 82.2 cm³/mol. The highest BCUT2D eigenvalue weighted by Gasteiger charge is 2.37. The summed E-state index contributed by atoms with van der Waals surface area (Å²) in [5.41, 5.74) is 6.71. The van der Waals surface area contributed by atoms with Crippen molar-refractivity contribution in [1.82, 2.24) is 10.3 Å². The van der Waals surface area contributed by atoms with Crippen molar-refractivity contribution in [3.05, 3.63) is 30.1 Å².